The minimum absolute atomic E-state index is 0.133. The van der Waals surface area contributed by atoms with Gasteiger partial charge in [0.2, 0.25) is 5.91 Å². The Morgan fingerprint density at radius 3 is 2.48 bits per heavy atom. The van der Waals surface area contributed by atoms with Gasteiger partial charge in [0.1, 0.15) is 5.75 Å². The molecular weight excluding hydrogens is 348 g/mol. The molecule has 1 aromatic carbocycles. The maximum atomic E-state index is 12.3. The second-order valence-corrected chi connectivity index (χ2v) is 6.26. The molecule has 142 valence electrons. The fourth-order valence-electron chi connectivity index (χ4n) is 2.98. The van der Waals surface area contributed by atoms with Crippen LogP contribution in [0.2, 0.25) is 0 Å². The van der Waals surface area contributed by atoms with Gasteiger partial charge in [0.05, 0.1) is 12.3 Å². The Morgan fingerprint density at radius 1 is 1.11 bits per heavy atom. The molecule has 0 aliphatic carbocycles. The Bertz CT molecular complexity index is 759. The second kappa shape index (κ2) is 8.98. The largest absolute Gasteiger partial charge is 0.494 e. The molecule has 1 fully saturated rings. The van der Waals surface area contributed by atoms with Crippen LogP contribution in [0.25, 0.3) is 0 Å². The Balaban J connectivity index is 1.39. The maximum absolute atomic E-state index is 12.3. The fraction of sp³-hybridized carbons (Fsp3) is 0.368. The highest BCUT2D eigenvalue weighted by molar-refractivity contribution is 5.76. The first kappa shape index (κ1) is 18.6. The van der Waals surface area contributed by atoms with E-state index in [4.69, 9.17) is 4.74 Å². The summed E-state index contributed by atoms with van der Waals surface area (Å²) in [5, 5.41) is 10.7. The van der Waals surface area contributed by atoms with Crippen molar-refractivity contribution in [2.45, 2.75) is 12.8 Å². The van der Waals surface area contributed by atoms with Crippen molar-refractivity contribution in [2.75, 3.05) is 37.7 Å². The molecule has 27 heavy (non-hydrogen) atoms. The average molecular weight is 370 g/mol. The zero-order valence-electron chi connectivity index (χ0n) is 15.0. The molecule has 0 spiro atoms. The smallest absolute Gasteiger partial charge is 0.363 e. The molecule has 3 rings (SSSR count). The molecule has 0 radical (unpaired) electrons. The third-order valence-corrected chi connectivity index (χ3v) is 4.46. The van der Waals surface area contributed by atoms with Crippen LogP contribution in [0, 0.1) is 10.1 Å². The van der Waals surface area contributed by atoms with Gasteiger partial charge in [-0.3, -0.25) is 4.79 Å². The van der Waals surface area contributed by atoms with Crippen molar-refractivity contribution in [3.05, 3.63) is 58.8 Å². The van der Waals surface area contributed by atoms with E-state index in [9.17, 15) is 14.9 Å². The summed E-state index contributed by atoms with van der Waals surface area (Å²) >= 11 is 0. The van der Waals surface area contributed by atoms with E-state index < -0.39 is 4.92 Å². The van der Waals surface area contributed by atoms with Crippen LogP contribution in [0.3, 0.4) is 0 Å². The van der Waals surface area contributed by atoms with Gasteiger partial charge in [-0.25, -0.2) is 0 Å². The van der Waals surface area contributed by atoms with E-state index in [0.29, 0.717) is 45.6 Å². The number of anilines is 1. The number of benzene rings is 1. The number of para-hydroxylation sites is 1. The number of aromatic nitrogens is 1. The van der Waals surface area contributed by atoms with Crippen LogP contribution in [0.15, 0.2) is 48.7 Å². The molecule has 1 aliphatic rings. The Kier molecular flexibility index (Phi) is 6.19. The van der Waals surface area contributed by atoms with E-state index in [1.54, 1.807) is 6.07 Å². The number of hydrogen-bond acceptors (Lipinski definition) is 6. The number of nitro groups is 1. The third-order valence-electron chi connectivity index (χ3n) is 4.46. The van der Waals surface area contributed by atoms with Crippen molar-refractivity contribution >= 4 is 17.4 Å². The lowest BCUT2D eigenvalue weighted by atomic mass is 10.2. The number of pyridine rings is 1. The summed E-state index contributed by atoms with van der Waals surface area (Å²) in [4.78, 5) is 30.3. The lowest BCUT2D eigenvalue weighted by molar-refractivity contribution is -0.389. The van der Waals surface area contributed by atoms with Crippen LogP contribution in [0.5, 0.6) is 5.75 Å². The third kappa shape index (κ3) is 5.16. The number of carbonyl (C=O) groups excluding carboxylic acids is 1. The normalized spacial score (nSPS) is 14.1. The standard InChI is InChI=1S/C19H22N4O4/c24-19(7-4-14-27-17-5-2-1-3-6-17)22-12-10-21(11-13-22)16-8-9-18(20-15-16)23(25)26/h1-3,5-6,8-9,15H,4,7,10-14H2. The summed E-state index contributed by atoms with van der Waals surface area (Å²) in [6.07, 6.45) is 2.66. The van der Waals surface area contributed by atoms with Crippen LogP contribution >= 0.6 is 0 Å². The van der Waals surface area contributed by atoms with E-state index in [2.05, 4.69) is 9.88 Å². The first-order chi connectivity index (χ1) is 13.1. The van der Waals surface area contributed by atoms with Gasteiger partial charge in [-0.2, -0.15) is 0 Å². The van der Waals surface area contributed by atoms with Gasteiger partial charge in [0, 0.05) is 38.7 Å². The summed E-state index contributed by atoms with van der Waals surface area (Å²) in [5.74, 6) is 0.786. The zero-order chi connectivity index (χ0) is 19.1. The molecule has 0 atom stereocenters. The number of hydrogen-bond donors (Lipinski definition) is 0. The highest BCUT2D eigenvalue weighted by Gasteiger charge is 2.22. The van der Waals surface area contributed by atoms with Crippen molar-refractivity contribution in [3.63, 3.8) is 0 Å². The van der Waals surface area contributed by atoms with Crippen LogP contribution in [0.1, 0.15) is 12.8 Å². The van der Waals surface area contributed by atoms with Crippen molar-refractivity contribution in [3.8, 4) is 5.75 Å². The maximum Gasteiger partial charge on any atom is 0.363 e. The lowest BCUT2D eigenvalue weighted by Crippen LogP contribution is -2.48. The van der Waals surface area contributed by atoms with Gasteiger partial charge in [-0.15, -0.1) is 0 Å². The minimum Gasteiger partial charge on any atom is -0.494 e. The van der Waals surface area contributed by atoms with Gasteiger partial charge >= 0.3 is 5.82 Å². The summed E-state index contributed by atoms with van der Waals surface area (Å²) in [6.45, 7) is 3.16. The van der Waals surface area contributed by atoms with Gasteiger partial charge in [0.25, 0.3) is 0 Å². The van der Waals surface area contributed by atoms with E-state index in [1.807, 2.05) is 35.2 Å². The summed E-state index contributed by atoms with van der Waals surface area (Å²) < 4.78 is 5.61. The number of ether oxygens (including phenoxy) is 1. The topological polar surface area (TPSA) is 88.8 Å². The van der Waals surface area contributed by atoms with Crippen LogP contribution in [0.4, 0.5) is 11.5 Å². The monoisotopic (exact) mass is 370 g/mol. The fourth-order valence-corrected chi connectivity index (χ4v) is 2.98. The minimum atomic E-state index is -0.512. The van der Waals surface area contributed by atoms with E-state index in [-0.39, 0.29) is 11.7 Å². The zero-order valence-corrected chi connectivity index (χ0v) is 15.0. The quantitative estimate of drug-likeness (QED) is 0.423. The molecule has 8 heteroatoms. The summed E-state index contributed by atoms with van der Waals surface area (Å²) in [6, 6.07) is 12.7. The number of carbonyl (C=O) groups is 1. The van der Waals surface area contributed by atoms with Crippen molar-refractivity contribution in [1.82, 2.24) is 9.88 Å². The molecule has 2 aromatic rings. The van der Waals surface area contributed by atoms with Crippen LogP contribution < -0.4 is 9.64 Å². The van der Waals surface area contributed by atoms with Crippen LogP contribution in [-0.4, -0.2) is 53.5 Å². The number of rotatable bonds is 7. The van der Waals surface area contributed by atoms with Gasteiger partial charge in [0.15, 0.2) is 6.20 Å². The Morgan fingerprint density at radius 2 is 1.85 bits per heavy atom. The predicted molar refractivity (Wildman–Crippen MR) is 101 cm³/mol. The molecule has 0 bridgehead atoms. The van der Waals surface area contributed by atoms with E-state index in [0.717, 1.165) is 11.4 Å². The molecule has 0 saturated carbocycles. The SMILES string of the molecule is O=C(CCCOc1ccccc1)N1CCN(c2ccc([N+](=O)[O-])nc2)CC1. The Labute approximate surface area is 157 Å². The Hall–Kier alpha value is -3.16. The van der Waals surface area contributed by atoms with Crippen molar-refractivity contribution < 1.29 is 14.5 Å². The first-order valence-corrected chi connectivity index (χ1v) is 8.94. The van der Waals surface area contributed by atoms with Crippen molar-refractivity contribution in [2.24, 2.45) is 0 Å². The lowest BCUT2D eigenvalue weighted by Gasteiger charge is -2.35. The highest BCUT2D eigenvalue weighted by Crippen LogP contribution is 2.18. The summed E-state index contributed by atoms with van der Waals surface area (Å²) in [7, 11) is 0. The molecule has 1 aliphatic heterocycles. The number of piperazine rings is 1. The number of amides is 1. The molecule has 0 N–H and O–H groups in total. The van der Waals surface area contributed by atoms with Gasteiger partial charge < -0.3 is 24.7 Å². The van der Waals surface area contributed by atoms with E-state index in [1.165, 1.54) is 12.3 Å². The first-order valence-electron chi connectivity index (χ1n) is 8.94. The van der Waals surface area contributed by atoms with Crippen molar-refractivity contribution in [1.29, 1.82) is 0 Å². The molecular formula is C19H22N4O4. The van der Waals surface area contributed by atoms with Crippen LogP contribution in [-0.2, 0) is 4.79 Å². The molecule has 0 unspecified atom stereocenters. The van der Waals surface area contributed by atoms with Gasteiger partial charge in [-0.1, -0.05) is 18.2 Å². The van der Waals surface area contributed by atoms with Gasteiger partial charge in [-0.05, 0) is 34.5 Å². The molecule has 1 aromatic heterocycles. The molecule has 2 heterocycles. The molecule has 1 amide bonds. The average Bonchev–Trinajstić information content (AvgIpc) is 2.72. The predicted octanol–water partition coefficient (Wildman–Crippen LogP) is 2.50. The summed E-state index contributed by atoms with van der Waals surface area (Å²) in [5.41, 5.74) is 0.837. The van der Waals surface area contributed by atoms with E-state index >= 15 is 0 Å². The highest BCUT2D eigenvalue weighted by atomic mass is 16.6. The second-order valence-electron chi connectivity index (χ2n) is 6.26. The number of nitrogens with zero attached hydrogens (tertiary/aromatic N) is 4. The molecule has 8 nitrogen and oxygen atoms in total. The molecule has 1 saturated heterocycles.